The van der Waals surface area contributed by atoms with E-state index in [0.29, 0.717) is 17.2 Å². The molecule has 0 atom stereocenters. The number of fused-ring (bicyclic) bond motifs is 1. The van der Waals surface area contributed by atoms with E-state index in [2.05, 4.69) is 19.2 Å². The largest absolute Gasteiger partial charge is 0.325 e. The second kappa shape index (κ2) is 3.69. The number of nitrogens with one attached hydrogen (secondary N) is 1. The SMILES string of the molecule is CC(C)c1ccc2c(c1)C(=O)C(C)(C)C(=O)N2. The summed E-state index contributed by atoms with van der Waals surface area (Å²) in [5.41, 5.74) is 1.40. The van der Waals surface area contributed by atoms with Gasteiger partial charge in [-0.1, -0.05) is 19.9 Å². The van der Waals surface area contributed by atoms with Crippen molar-refractivity contribution in [3.8, 4) is 0 Å². The third-order valence-electron chi connectivity index (χ3n) is 3.34. The lowest BCUT2D eigenvalue weighted by Crippen LogP contribution is -2.42. The molecule has 0 aliphatic carbocycles. The van der Waals surface area contributed by atoms with Gasteiger partial charge in [-0.3, -0.25) is 9.59 Å². The van der Waals surface area contributed by atoms with E-state index < -0.39 is 5.41 Å². The fourth-order valence-electron chi connectivity index (χ4n) is 1.94. The molecule has 0 fully saturated rings. The van der Waals surface area contributed by atoms with Crippen molar-refractivity contribution in [2.45, 2.75) is 33.6 Å². The van der Waals surface area contributed by atoms with Crippen molar-refractivity contribution in [1.29, 1.82) is 0 Å². The van der Waals surface area contributed by atoms with Crippen LogP contribution in [0.4, 0.5) is 5.69 Å². The van der Waals surface area contributed by atoms with Crippen LogP contribution >= 0.6 is 0 Å². The smallest absolute Gasteiger partial charge is 0.237 e. The van der Waals surface area contributed by atoms with Gasteiger partial charge >= 0.3 is 0 Å². The van der Waals surface area contributed by atoms with E-state index in [-0.39, 0.29) is 11.7 Å². The first kappa shape index (κ1) is 11.8. The summed E-state index contributed by atoms with van der Waals surface area (Å²) in [6, 6.07) is 5.66. The van der Waals surface area contributed by atoms with Crippen LogP contribution in [0.2, 0.25) is 0 Å². The molecule has 0 unspecified atom stereocenters. The highest BCUT2D eigenvalue weighted by Crippen LogP contribution is 2.34. The topological polar surface area (TPSA) is 46.2 Å². The van der Waals surface area contributed by atoms with E-state index in [4.69, 9.17) is 0 Å². The highest BCUT2D eigenvalue weighted by atomic mass is 16.2. The van der Waals surface area contributed by atoms with Crippen LogP contribution in [0, 0.1) is 5.41 Å². The van der Waals surface area contributed by atoms with Gasteiger partial charge in [-0.2, -0.15) is 0 Å². The highest BCUT2D eigenvalue weighted by Gasteiger charge is 2.41. The number of ketones is 1. The van der Waals surface area contributed by atoms with Crippen LogP contribution < -0.4 is 5.32 Å². The first-order valence-corrected chi connectivity index (χ1v) is 5.84. The van der Waals surface area contributed by atoms with E-state index in [0.717, 1.165) is 5.56 Å². The second-order valence-corrected chi connectivity index (χ2v) is 5.37. The maximum Gasteiger partial charge on any atom is 0.237 e. The Morgan fingerprint density at radius 2 is 1.82 bits per heavy atom. The lowest BCUT2D eigenvalue weighted by Gasteiger charge is -2.29. The van der Waals surface area contributed by atoms with Crippen LogP contribution in [-0.4, -0.2) is 11.7 Å². The predicted octanol–water partition coefficient (Wildman–Crippen LogP) is 2.97. The quantitative estimate of drug-likeness (QED) is 0.755. The minimum absolute atomic E-state index is 0.0984. The van der Waals surface area contributed by atoms with E-state index in [1.54, 1.807) is 13.8 Å². The van der Waals surface area contributed by atoms with Crippen molar-refractivity contribution < 1.29 is 9.59 Å². The van der Waals surface area contributed by atoms with Crippen molar-refractivity contribution in [3.05, 3.63) is 29.3 Å². The fourth-order valence-corrected chi connectivity index (χ4v) is 1.94. The zero-order valence-electron chi connectivity index (χ0n) is 10.6. The maximum atomic E-state index is 12.3. The lowest BCUT2D eigenvalue weighted by atomic mass is 9.79. The van der Waals surface area contributed by atoms with Crippen LogP contribution in [0.25, 0.3) is 0 Å². The Balaban J connectivity index is 2.56. The Kier molecular flexibility index (Phi) is 2.57. The standard InChI is InChI=1S/C14H17NO2/c1-8(2)9-5-6-11-10(7-9)12(16)14(3,4)13(17)15-11/h5-8H,1-4H3,(H,15,17). The Labute approximate surface area is 101 Å². The van der Waals surface area contributed by atoms with Crippen LogP contribution in [0.3, 0.4) is 0 Å². The number of amides is 1. The van der Waals surface area contributed by atoms with Crippen molar-refractivity contribution in [3.63, 3.8) is 0 Å². The summed E-state index contributed by atoms with van der Waals surface area (Å²) < 4.78 is 0. The summed E-state index contributed by atoms with van der Waals surface area (Å²) in [6.45, 7) is 7.49. The molecule has 1 aliphatic rings. The number of rotatable bonds is 1. The van der Waals surface area contributed by atoms with Crippen LogP contribution in [0.1, 0.15) is 49.5 Å². The molecule has 1 heterocycles. The van der Waals surface area contributed by atoms with Gasteiger partial charge in [0.1, 0.15) is 5.41 Å². The summed E-state index contributed by atoms with van der Waals surface area (Å²) in [5.74, 6) is 0.0416. The van der Waals surface area contributed by atoms with Crippen molar-refractivity contribution in [2.24, 2.45) is 5.41 Å². The molecular weight excluding hydrogens is 214 g/mol. The third kappa shape index (κ3) is 1.75. The number of Topliss-reactive ketones (excluding diaryl/α,β-unsaturated/α-hetero) is 1. The Morgan fingerprint density at radius 3 is 2.41 bits per heavy atom. The van der Waals surface area contributed by atoms with Crippen molar-refractivity contribution in [2.75, 3.05) is 5.32 Å². The van der Waals surface area contributed by atoms with Gasteiger partial charge in [-0.15, -0.1) is 0 Å². The molecule has 0 radical (unpaired) electrons. The Morgan fingerprint density at radius 1 is 1.18 bits per heavy atom. The van der Waals surface area contributed by atoms with Gasteiger partial charge in [0.15, 0.2) is 5.78 Å². The van der Waals surface area contributed by atoms with Crippen molar-refractivity contribution >= 4 is 17.4 Å². The van der Waals surface area contributed by atoms with Crippen LogP contribution in [-0.2, 0) is 4.79 Å². The van der Waals surface area contributed by atoms with Gasteiger partial charge in [-0.05, 0) is 37.5 Å². The van der Waals surface area contributed by atoms with E-state index in [9.17, 15) is 9.59 Å². The molecule has 1 aromatic rings. The molecule has 90 valence electrons. The summed E-state index contributed by atoms with van der Waals surface area (Å²) in [7, 11) is 0. The predicted molar refractivity (Wildman–Crippen MR) is 67.3 cm³/mol. The van der Waals surface area contributed by atoms with Crippen molar-refractivity contribution in [1.82, 2.24) is 0 Å². The fraction of sp³-hybridized carbons (Fsp3) is 0.429. The molecule has 1 aromatic carbocycles. The monoisotopic (exact) mass is 231 g/mol. The average Bonchev–Trinajstić information content (AvgIpc) is 2.26. The number of carbonyl (C=O) groups excluding carboxylic acids is 2. The molecule has 1 N–H and O–H groups in total. The summed E-state index contributed by atoms with van der Waals surface area (Å²) in [6.07, 6.45) is 0. The van der Waals surface area contributed by atoms with Gasteiger partial charge < -0.3 is 5.32 Å². The number of anilines is 1. The molecular formula is C14H17NO2. The van der Waals surface area contributed by atoms with Gasteiger partial charge in [-0.25, -0.2) is 0 Å². The van der Waals surface area contributed by atoms with Gasteiger partial charge in [0, 0.05) is 5.56 Å². The first-order chi connectivity index (χ1) is 7.84. The van der Waals surface area contributed by atoms with E-state index in [1.807, 2.05) is 18.2 Å². The molecule has 0 saturated carbocycles. The minimum Gasteiger partial charge on any atom is -0.325 e. The summed E-state index contributed by atoms with van der Waals surface area (Å²) >= 11 is 0. The molecule has 17 heavy (non-hydrogen) atoms. The van der Waals surface area contributed by atoms with Gasteiger partial charge in [0.2, 0.25) is 5.91 Å². The molecule has 3 nitrogen and oxygen atoms in total. The van der Waals surface area contributed by atoms with Gasteiger partial charge in [0.05, 0.1) is 5.69 Å². The molecule has 3 heteroatoms. The number of benzene rings is 1. The summed E-state index contributed by atoms with van der Waals surface area (Å²) in [4.78, 5) is 24.0. The van der Waals surface area contributed by atoms with E-state index in [1.165, 1.54) is 0 Å². The summed E-state index contributed by atoms with van der Waals surface area (Å²) in [5, 5.41) is 2.79. The third-order valence-corrected chi connectivity index (χ3v) is 3.34. The van der Waals surface area contributed by atoms with E-state index >= 15 is 0 Å². The molecule has 2 rings (SSSR count). The first-order valence-electron chi connectivity index (χ1n) is 5.84. The molecule has 1 aliphatic heterocycles. The van der Waals surface area contributed by atoms with Crippen LogP contribution in [0.5, 0.6) is 0 Å². The molecule has 0 spiro atoms. The normalized spacial score (nSPS) is 17.9. The van der Waals surface area contributed by atoms with Gasteiger partial charge in [0.25, 0.3) is 0 Å². The Hall–Kier alpha value is -1.64. The Bertz CT molecular complexity index is 501. The molecule has 1 amide bonds. The number of hydrogen-bond donors (Lipinski definition) is 1. The lowest BCUT2D eigenvalue weighted by molar-refractivity contribution is -0.122. The minimum atomic E-state index is -0.970. The molecule has 0 saturated heterocycles. The zero-order valence-corrected chi connectivity index (χ0v) is 10.6. The average molecular weight is 231 g/mol. The molecule has 0 bridgehead atoms. The van der Waals surface area contributed by atoms with Crippen LogP contribution in [0.15, 0.2) is 18.2 Å². The number of hydrogen-bond acceptors (Lipinski definition) is 2. The molecule has 0 aromatic heterocycles. The maximum absolute atomic E-state index is 12.3. The second-order valence-electron chi connectivity index (χ2n) is 5.37. The zero-order chi connectivity index (χ0) is 12.8. The highest BCUT2D eigenvalue weighted by molar-refractivity contribution is 6.23. The number of carbonyl (C=O) groups is 2.